The van der Waals surface area contributed by atoms with E-state index in [1.165, 1.54) is 11.8 Å². The van der Waals surface area contributed by atoms with Crippen molar-refractivity contribution in [3.63, 3.8) is 0 Å². The molecule has 3 amide bonds. The first kappa shape index (κ1) is 16.8. The maximum atomic E-state index is 11.3. The molecule has 1 atom stereocenters. The zero-order valence-corrected chi connectivity index (χ0v) is 11.5. The number of carbonyl (C=O) groups excluding carboxylic acids is 2. The molecule has 7 heteroatoms. The number of thioether (sulfide) groups is 1. The molecule has 0 aliphatic rings. The number of imide groups is 1. The lowest BCUT2D eigenvalue weighted by Crippen LogP contribution is -2.40. The van der Waals surface area contributed by atoms with Crippen LogP contribution in [0.3, 0.4) is 0 Å². The lowest BCUT2D eigenvalue weighted by molar-refractivity contribution is -0.140. The first-order valence-electron chi connectivity index (χ1n) is 5.85. The second kappa shape index (κ2) is 9.76. The van der Waals surface area contributed by atoms with Crippen LogP contribution >= 0.6 is 11.8 Å². The van der Waals surface area contributed by atoms with Crippen LogP contribution in [0.5, 0.6) is 0 Å². The summed E-state index contributed by atoms with van der Waals surface area (Å²) >= 11 is 1.20. The van der Waals surface area contributed by atoms with Crippen LogP contribution in [0.2, 0.25) is 0 Å². The molecular formula is C11H20N2O4S. The highest BCUT2D eigenvalue weighted by Crippen LogP contribution is 2.07. The molecule has 0 saturated heterocycles. The third-order valence-corrected chi connectivity index (χ3v) is 3.29. The molecule has 0 aromatic carbocycles. The molecule has 0 aliphatic heterocycles. The number of amides is 3. The number of carboxylic acid groups (broad SMARTS) is 1. The maximum absolute atomic E-state index is 11.3. The molecule has 0 fully saturated rings. The molecule has 1 unspecified atom stereocenters. The second-order valence-electron chi connectivity index (χ2n) is 3.91. The minimum atomic E-state index is -0.889. The van der Waals surface area contributed by atoms with E-state index >= 15 is 0 Å². The van der Waals surface area contributed by atoms with E-state index in [9.17, 15) is 14.4 Å². The summed E-state index contributed by atoms with van der Waals surface area (Å²) in [5.41, 5.74) is 0. The van der Waals surface area contributed by atoms with Gasteiger partial charge in [0, 0.05) is 12.3 Å². The van der Waals surface area contributed by atoms with Gasteiger partial charge in [0.2, 0.25) is 5.91 Å². The zero-order chi connectivity index (χ0) is 14.0. The molecule has 0 rings (SSSR count). The van der Waals surface area contributed by atoms with E-state index in [2.05, 4.69) is 10.6 Å². The van der Waals surface area contributed by atoms with Crippen LogP contribution in [-0.4, -0.2) is 41.1 Å². The van der Waals surface area contributed by atoms with Crippen molar-refractivity contribution in [3.05, 3.63) is 0 Å². The van der Waals surface area contributed by atoms with Gasteiger partial charge in [-0.2, -0.15) is 11.8 Å². The predicted molar refractivity (Wildman–Crippen MR) is 70.6 cm³/mol. The minimum absolute atomic E-state index is 0.0822. The van der Waals surface area contributed by atoms with E-state index < -0.39 is 23.8 Å². The monoisotopic (exact) mass is 276 g/mol. The summed E-state index contributed by atoms with van der Waals surface area (Å²) in [5, 5.41) is 13.4. The van der Waals surface area contributed by atoms with Gasteiger partial charge in [-0.15, -0.1) is 0 Å². The molecule has 0 aromatic rings. The van der Waals surface area contributed by atoms with Gasteiger partial charge < -0.3 is 10.4 Å². The number of carboxylic acids is 1. The predicted octanol–water partition coefficient (Wildman–Crippen LogP) is 1.07. The Morgan fingerprint density at radius 3 is 2.56 bits per heavy atom. The average Bonchev–Trinajstić information content (AvgIpc) is 2.28. The third-order valence-electron chi connectivity index (χ3n) is 2.09. The van der Waals surface area contributed by atoms with Crippen molar-refractivity contribution in [2.45, 2.75) is 26.7 Å². The fraction of sp³-hybridized carbons (Fsp3) is 0.727. The molecule has 0 saturated carbocycles. The number of hydrogen-bond acceptors (Lipinski definition) is 4. The van der Waals surface area contributed by atoms with E-state index in [1.54, 1.807) is 6.92 Å². The Balaban J connectivity index is 3.64. The highest BCUT2D eigenvalue weighted by molar-refractivity contribution is 7.99. The van der Waals surface area contributed by atoms with Crippen LogP contribution in [0.25, 0.3) is 0 Å². The highest BCUT2D eigenvalue weighted by atomic mass is 32.2. The van der Waals surface area contributed by atoms with E-state index in [-0.39, 0.29) is 5.75 Å². The van der Waals surface area contributed by atoms with Crippen LogP contribution in [0.4, 0.5) is 4.79 Å². The largest absolute Gasteiger partial charge is 0.481 e. The molecule has 6 nitrogen and oxygen atoms in total. The van der Waals surface area contributed by atoms with Crippen LogP contribution in [0.15, 0.2) is 0 Å². The Hall–Kier alpha value is -1.24. The second-order valence-corrected chi connectivity index (χ2v) is 4.94. The smallest absolute Gasteiger partial charge is 0.321 e. The first-order chi connectivity index (χ1) is 8.47. The normalized spacial score (nSPS) is 11.7. The van der Waals surface area contributed by atoms with Gasteiger partial charge in [-0.3, -0.25) is 14.9 Å². The van der Waals surface area contributed by atoms with E-state index in [0.717, 1.165) is 12.8 Å². The van der Waals surface area contributed by atoms with E-state index in [1.807, 2.05) is 6.92 Å². The van der Waals surface area contributed by atoms with Crippen molar-refractivity contribution in [3.8, 4) is 0 Å². The van der Waals surface area contributed by atoms with Crippen LogP contribution < -0.4 is 10.6 Å². The van der Waals surface area contributed by atoms with Gasteiger partial charge >= 0.3 is 12.0 Å². The number of unbranched alkanes of at least 4 members (excludes halogenated alkanes) is 1. The quantitative estimate of drug-likeness (QED) is 0.576. The first-order valence-corrected chi connectivity index (χ1v) is 7.01. The Morgan fingerprint density at radius 2 is 2.00 bits per heavy atom. The van der Waals surface area contributed by atoms with Crippen LogP contribution in [0.1, 0.15) is 26.7 Å². The standard InChI is InChI=1S/C11H20N2O4S/c1-3-4-5-12-11(17)13-9(14)7-18-6-8(2)10(15)16/h8H,3-7H2,1-2H3,(H,15,16)(H2,12,13,14,17). The molecule has 18 heavy (non-hydrogen) atoms. The lowest BCUT2D eigenvalue weighted by Gasteiger charge is -2.07. The highest BCUT2D eigenvalue weighted by Gasteiger charge is 2.12. The topological polar surface area (TPSA) is 95.5 Å². The Morgan fingerprint density at radius 1 is 1.33 bits per heavy atom. The summed E-state index contributed by atoms with van der Waals surface area (Å²) in [4.78, 5) is 33.0. The Labute approximate surface area is 111 Å². The number of carbonyl (C=O) groups is 3. The molecule has 104 valence electrons. The molecule has 3 N–H and O–H groups in total. The van der Waals surface area contributed by atoms with E-state index in [4.69, 9.17) is 5.11 Å². The molecule has 0 radical (unpaired) electrons. The van der Waals surface area contributed by atoms with Crippen molar-refractivity contribution in [1.29, 1.82) is 0 Å². The summed E-state index contributed by atoms with van der Waals surface area (Å²) in [5.74, 6) is -1.37. The molecule has 0 aromatic heterocycles. The summed E-state index contributed by atoms with van der Waals surface area (Å²) < 4.78 is 0. The number of urea groups is 1. The van der Waals surface area contributed by atoms with Gasteiger partial charge in [0.15, 0.2) is 0 Å². The van der Waals surface area contributed by atoms with Crippen molar-refractivity contribution in [2.24, 2.45) is 5.92 Å². The third kappa shape index (κ3) is 8.86. The fourth-order valence-electron chi connectivity index (χ4n) is 0.985. The Kier molecular flexibility index (Phi) is 9.08. The minimum Gasteiger partial charge on any atom is -0.481 e. The van der Waals surface area contributed by atoms with Gasteiger partial charge in [-0.25, -0.2) is 4.79 Å². The van der Waals surface area contributed by atoms with Gasteiger partial charge in [0.1, 0.15) is 0 Å². The number of rotatable bonds is 8. The summed E-state index contributed by atoms with van der Waals surface area (Å²) in [6, 6.07) is -0.500. The SMILES string of the molecule is CCCCNC(=O)NC(=O)CSCC(C)C(=O)O. The molecule has 0 heterocycles. The fourth-order valence-corrected chi connectivity index (χ4v) is 1.86. The summed E-state index contributed by atoms with van der Waals surface area (Å²) in [7, 11) is 0. The summed E-state index contributed by atoms with van der Waals surface area (Å²) in [6.07, 6.45) is 1.84. The summed E-state index contributed by atoms with van der Waals surface area (Å²) in [6.45, 7) is 4.12. The van der Waals surface area contributed by atoms with Gasteiger partial charge in [-0.05, 0) is 6.42 Å². The number of hydrogen-bond donors (Lipinski definition) is 3. The van der Waals surface area contributed by atoms with Gasteiger partial charge in [-0.1, -0.05) is 20.3 Å². The zero-order valence-electron chi connectivity index (χ0n) is 10.7. The number of aliphatic carboxylic acids is 1. The number of nitrogens with one attached hydrogen (secondary N) is 2. The van der Waals surface area contributed by atoms with Crippen LogP contribution in [0, 0.1) is 5.92 Å². The average molecular weight is 276 g/mol. The van der Waals surface area contributed by atoms with E-state index in [0.29, 0.717) is 12.3 Å². The molecule has 0 aliphatic carbocycles. The molecular weight excluding hydrogens is 256 g/mol. The van der Waals surface area contributed by atoms with Gasteiger partial charge in [0.25, 0.3) is 0 Å². The van der Waals surface area contributed by atoms with Crippen molar-refractivity contribution >= 4 is 29.7 Å². The van der Waals surface area contributed by atoms with Crippen molar-refractivity contribution in [1.82, 2.24) is 10.6 Å². The van der Waals surface area contributed by atoms with Crippen LogP contribution in [-0.2, 0) is 9.59 Å². The van der Waals surface area contributed by atoms with Crippen molar-refractivity contribution < 1.29 is 19.5 Å². The van der Waals surface area contributed by atoms with Gasteiger partial charge in [0.05, 0.1) is 11.7 Å². The molecule has 0 bridgehead atoms. The lowest BCUT2D eigenvalue weighted by atomic mass is 10.2. The van der Waals surface area contributed by atoms with Crippen molar-refractivity contribution in [2.75, 3.05) is 18.1 Å². The maximum Gasteiger partial charge on any atom is 0.321 e. The Bertz CT molecular complexity index is 297. The molecule has 0 spiro atoms.